The second-order valence-electron chi connectivity index (χ2n) is 4.29. The molecule has 0 bridgehead atoms. The molecule has 0 aromatic heterocycles. The van der Waals surface area contributed by atoms with Crippen LogP contribution in [0.25, 0.3) is 0 Å². The van der Waals surface area contributed by atoms with Crippen molar-refractivity contribution in [1.29, 1.82) is 0 Å². The largest absolute Gasteiger partial charge is 0.383 e. The molecule has 0 saturated carbocycles. The second-order valence-corrected chi connectivity index (χ2v) is 4.29. The molecule has 1 unspecified atom stereocenters. The maximum atomic E-state index is 5.67. The van der Waals surface area contributed by atoms with Gasteiger partial charge < -0.3 is 16.0 Å². The molecule has 0 fully saturated rings. The number of nitrogens with one attached hydrogen (secondary N) is 1. The Kier molecular flexibility index (Phi) is 4.59. The van der Waals surface area contributed by atoms with Gasteiger partial charge in [-0.1, -0.05) is 12.1 Å². The Morgan fingerprint density at radius 2 is 1.87 bits per heavy atom. The van der Waals surface area contributed by atoms with Gasteiger partial charge in [0.25, 0.3) is 0 Å². The van der Waals surface area contributed by atoms with Crippen molar-refractivity contribution >= 4 is 5.69 Å². The highest BCUT2D eigenvalue weighted by Crippen LogP contribution is 2.10. The first-order chi connectivity index (χ1) is 7.08. The van der Waals surface area contributed by atoms with E-state index < -0.39 is 0 Å². The summed E-state index contributed by atoms with van der Waals surface area (Å²) in [6.45, 7) is 3.79. The minimum Gasteiger partial charge on any atom is -0.383 e. The summed E-state index contributed by atoms with van der Waals surface area (Å²) in [5, 5.41) is 3.29. The van der Waals surface area contributed by atoms with Gasteiger partial charge in [0.1, 0.15) is 0 Å². The smallest absolute Gasteiger partial charge is 0.0340 e. The molecule has 0 amide bonds. The molecule has 1 aromatic rings. The molecule has 1 atom stereocenters. The molecule has 0 radical (unpaired) electrons. The minimum atomic E-state index is 0.187. The van der Waals surface area contributed by atoms with Gasteiger partial charge in [-0.2, -0.15) is 0 Å². The summed E-state index contributed by atoms with van der Waals surface area (Å²) in [6.07, 6.45) is 0. The number of rotatable bonds is 5. The van der Waals surface area contributed by atoms with Gasteiger partial charge in [0.2, 0.25) is 0 Å². The van der Waals surface area contributed by atoms with Crippen LogP contribution in [0.5, 0.6) is 0 Å². The average Bonchev–Trinajstić information content (AvgIpc) is 2.16. The van der Waals surface area contributed by atoms with Crippen molar-refractivity contribution in [3.05, 3.63) is 29.8 Å². The highest BCUT2D eigenvalue weighted by Gasteiger charge is 1.97. The van der Waals surface area contributed by atoms with Crippen molar-refractivity contribution in [1.82, 2.24) is 4.90 Å². The molecule has 0 spiro atoms. The lowest BCUT2D eigenvalue weighted by molar-refractivity contribution is 0.402. The standard InChI is InChI=1S/C12H21N3/c1-10(13)8-14-12-6-4-11(5-7-12)9-15(2)3/h4-7,10,14H,8-9,13H2,1-3H3. The Bertz CT molecular complexity index is 277. The number of anilines is 1. The van der Waals surface area contributed by atoms with Crippen LogP contribution < -0.4 is 11.1 Å². The summed E-state index contributed by atoms with van der Waals surface area (Å²) in [7, 11) is 4.14. The van der Waals surface area contributed by atoms with Crippen LogP contribution in [0.2, 0.25) is 0 Å². The van der Waals surface area contributed by atoms with Crippen molar-refractivity contribution < 1.29 is 0 Å². The summed E-state index contributed by atoms with van der Waals surface area (Å²) in [5.41, 5.74) is 8.13. The highest BCUT2D eigenvalue weighted by molar-refractivity contribution is 5.44. The van der Waals surface area contributed by atoms with Crippen molar-refractivity contribution in [3.63, 3.8) is 0 Å². The van der Waals surface area contributed by atoms with Gasteiger partial charge >= 0.3 is 0 Å². The summed E-state index contributed by atoms with van der Waals surface area (Å²) in [4.78, 5) is 2.16. The number of nitrogens with zero attached hydrogens (tertiary/aromatic N) is 1. The van der Waals surface area contributed by atoms with Crippen molar-refractivity contribution in [2.45, 2.75) is 19.5 Å². The molecule has 0 aliphatic heterocycles. The van der Waals surface area contributed by atoms with E-state index in [1.54, 1.807) is 0 Å². The molecule has 3 heteroatoms. The molecule has 0 aliphatic rings. The lowest BCUT2D eigenvalue weighted by atomic mass is 10.2. The number of benzene rings is 1. The zero-order valence-corrected chi connectivity index (χ0v) is 9.83. The fraction of sp³-hybridized carbons (Fsp3) is 0.500. The molecule has 84 valence electrons. The third-order valence-corrected chi connectivity index (χ3v) is 2.08. The first-order valence-electron chi connectivity index (χ1n) is 5.31. The normalized spacial score (nSPS) is 12.9. The Labute approximate surface area is 92.3 Å². The van der Waals surface area contributed by atoms with E-state index in [9.17, 15) is 0 Å². The molecule has 1 rings (SSSR count). The summed E-state index contributed by atoms with van der Waals surface area (Å²) < 4.78 is 0. The van der Waals surface area contributed by atoms with Crippen LogP contribution in [0.15, 0.2) is 24.3 Å². The van der Waals surface area contributed by atoms with E-state index in [-0.39, 0.29) is 6.04 Å². The lowest BCUT2D eigenvalue weighted by Crippen LogP contribution is -2.25. The van der Waals surface area contributed by atoms with Gasteiger partial charge in [-0.05, 0) is 38.7 Å². The maximum absolute atomic E-state index is 5.67. The van der Waals surface area contributed by atoms with E-state index in [0.29, 0.717) is 0 Å². The molecule has 0 aliphatic carbocycles. The van der Waals surface area contributed by atoms with E-state index in [0.717, 1.165) is 18.8 Å². The Morgan fingerprint density at radius 1 is 1.27 bits per heavy atom. The van der Waals surface area contributed by atoms with Gasteiger partial charge in [-0.15, -0.1) is 0 Å². The number of hydrogen-bond acceptors (Lipinski definition) is 3. The summed E-state index contributed by atoms with van der Waals surface area (Å²) >= 11 is 0. The van der Waals surface area contributed by atoms with Crippen LogP contribution in [-0.2, 0) is 6.54 Å². The highest BCUT2D eigenvalue weighted by atomic mass is 15.0. The number of nitrogens with two attached hydrogens (primary N) is 1. The van der Waals surface area contributed by atoms with Crippen molar-refractivity contribution in [3.8, 4) is 0 Å². The Balaban J connectivity index is 2.49. The SMILES string of the molecule is CC(N)CNc1ccc(CN(C)C)cc1. The fourth-order valence-corrected chi connectivity index (χ4v) is 1.37. The van der Waals surface area contributed by atoms with Gasteiger partial charge in [-0.25, -0.2) is 0 Å². The topological polar surface area (TPSA) is 41.3 Å². The van der Waals surface area contributed by atoms with Gasteiger partial charge in [-0.3, -0.25) is 0 Å². The van der Waals surface area contributed by atoms with E-state index in [1.807, 2.05) is 6.92 Å². The Hall–Kier alpha value is -1.06. The zero-order chi connectivity index (χ0) is 11.3. The third kappa shape index (κ3) is 4.81. The van der Waals surface area contributed by atoms with Crippen LogP contribution in [0, 0.1) is 0 Å². The van der Waals surface area contributed by atoms with Crippen molar-refractivity contribution in [2.24, 2.45) is 5.73 Å². The second kappa shape index (κ2) is 5.73. The van der Waals surface area contributed by atoms with Gasteiger partial charge in [0.15, 0.2) is 0 Å². The van der Waals surface area contributed by atoms with Crippen LogP contribution in [-0.4, -0.2) is 31.6 Å². The predicted octanol–water partition coefficient (Wildman–Crippen LogP) is 1.51. The fourth-order valence-electron chi connectivity index (χ4n) is 1.37. The number of hydrogen-bond donors (Lipinski definition) is 2. The van der Waals surface area contributed by atoms with Crippen molar-refractivity contribution in [2.75, 3.05) is 26.0 Å². The molecule has 0 saturated heterocycles. The Morgan fingerprint density at radius 3 is 2.33 bits per heavy atom. The predicted molar refractivity (Wildman–Crippen MR) is 66.0 cm³/mol. The quantitative estimate of drug-likeness (QED) is 0.769. The van der Waals surface area contributed by atoms with E-state index >= 15 is 0 Å². The third-order valence-electron chi connectivity index (χ3n) is 2.08. The average molecular weight is 207 g/mol. The molecule has 1 aromatic carbocycles. The molecule has 15 heavy (non-hydrogen) atoms. The summed E-state index contributed by atoms with van der Waals surface area (Å²) in [5.74, 6) is 0. The van der Waals surface area contributed by atoms with E-state index in [4.69, 9.17) is 5.73 Å². The van der Waals surface area contributed by atoms with Gasteiger partial charge in [0, 0.05) is 24.8 Å². The first kappa shape index (κ1) is 12.0. The van der Waals surface area contributed by atoms with Gasteiger partial charge in [0.05, 0.1) is 0 Å². The lowest BCUT2D eigenvalue weighted by Gasteiger charge is -2.12. The summed E-state index contributed by atoms with van der Waals surface area (Å²) in [6, 6.07) is 8.67. The molecule has 3 N–H and O–H groups in total. The van der Waals surface area contributed by atoms with E-state index in [1.165, 1.54) is 5.56 Å². The molecular formula is C12H21N3. The van der Waals surface area contributed by atoms with Crippen LogP contribution >= 0.6 is 0 Å². The van der Waals surface area contributed by atoms with E-state index in [2.05, 4.69) is 48.6 Å². The van der Waals surface area contributed by atoms with Crippen LogP contribution in [0.1, 0.15) is 12.5 Å². The zero-order valence-electron chi connectivity index (χ0n) is 9.83. The monoisotopic (exact) mass is 207 g/mol. The molecular weight excluding hydrogens is 186 g/mol. The molecule has 3 nitrogen and oxygen atoms in total. The maximum Gasteiger partial charge on any atom is 0.0340 e. The van der Waals surface area contributed by atoms with Crippen LogP contribution in [0.4, 0.5) is 5.69 Å². The first-order valence-corrected chi connectivity index (χ1v) is 5.31. The van der Waals surface area contributed by atoms with Crippen LogP contribution in [0.3, 0.4) is 0 Å². The minimum absolute atomic E-state index is 0.187. The molecule has 0 heterocycles.